The van der Waals surface area contributed by atoms with Gasteiger partial charge in [0.25, 0.3) is 11.5 Å². The number of carbonyl (C=O) groups excluding carboxylic acids is 1. The highest BCUT2D eigenvalue weighted by atomic mass is 32.1. The Morgan fingerprint density at radius 1 is 1.25 bits per heavy atom. The van der Waals surface area contributed by atoms with Crippen LogP contribution < -0.4 is 16.2 Å². The van der Waals surface area contributed by atoms with Gasteiger partial charge in [0.2, 0.25) is 0 Å². The molecule has 5 aromatic rings. The number of ether oxygens (including phenoxy) is 1. The van der Waals surface area contributed by atoms with E-state index in [1.54, 1.807) is 41.3 Å². The molecule has 1 amide bonds. The van der Waals surface area contributed by atoms with Gasteiger partial charge in [0, 0.05) is 17.6 Å². The molecule has 5 heterocycles. The molecule has 1 fully saturated rings. The molecule has 0 spiro atoms. The number of hydrogen-bond acceptors (Lipinski definition) is 11. The van der Waals surface area contributed by atoms with Crippen molar-refractivity contribution in [2.75, 3.05) is 23.8 Å². The standard InChI is InChI=1S/C22H19N9O4S/c1-22(17(32)19-26-13-3-2-12-16(36-29-18(12)23)15(13)20(33)27-19)21(34)30(8-9-35-22)14-5-7-31(28-14)11-4-6-24-25-10-11/h2-7,10,17,32H,8-9H2,1H3,(H2,23,29)(H,26,27,33)/t17?,22-/m1/s1. The van der Waals surface area contributed by atoms with Gasteiger partial charge in [-0.15, -0.1) is 5.10 Å². The van der Waals surface area contributed by atoms with Crippen LogP contribution in [-0.4, -0.2) is 64.1 Å². The first-order valence-electron chi connectivity index (χ1n) is 10.9. The highest BCUT2D eigenvalue weighted by Gasteiger charge is 2.49. The zero-order chi connectivity index (χ0) is 25.0. The molecule has 1 aliphatic rings. The van der Waals surface area contributed by atoms with Crippen molar-refractivity contribution in [3.63, 3.8) is 0 Å². The van der Waals surface area contributed by atoms with Gasteiger partial charge in [-0.2, -0.15) is 19.6 Å². The van der Waals surface area contributed by atoms with Crippen LogP contribution in [0.3, 0.4) is 0 Å². The number of morpholine rings is 1. The fourth-order valence-corrected chi connectivity index (χ4v) is 5.12. The van der Waals surface area contributed by atoms with E-state index in [4.69, 9.17) is 10.5 Å². The molecule has 14 heteroatoms. The summed E-state index contributed by atoms with van der Waals surface area (Å²) in [6, 6.07) is 6.82. The van der Waals surface area contributed by atoms with E-state index in [-0.39, 0.29) is 19.0 Å². The molecule has 0 radical (unpaired) electrons. The normalized spacial score (nSPS) is 19.3. The third-order valence-electron chi connectivity index (χ3n) is 6.22. The van der Waals surface area contributed by atoms with Gasteiger partial charge in [-0.1, -0.05) is 0 Å². The van der Waals surface area contributed by atoms with Gasteiger partial charge < -0.3 is 20.6 Å². The van der Waals surface area contributed by atoms with Gasteiger partial charge in [-0.05, 0) is 36.7 Å². The van der Waals surface area contributed by atoms with Crippen molar-refractivity contribution in [3.05, 3.63) is 59.0 Å². The summed E-state index contributed by atoms with van der Waals surface area (Å²) in [5.74, 6) is 0.101. The van der Waals surface area contributed by atoms with Crippen LogP contribution in [0.1, 0.15) is 18.9 Å². The van der Waals surface area contributed by atoms with Gasteiger partial charge in [0.15, 0.2) is 11.4 Å². The van der Waals surface area contributed by atoms with Crippen LogP contribution in [0, 0.1) is 0 Å². The smallest absolute Gasteiger partial charge is 0.282 e. The number of rotatable bonds is 4. The molecule has 0 saturated carbocycles. The van der Waals surface area contributed by atoms with E-state index < -0.39 is 23.2 Å². The Hall–Kier alpha value is -4.27. The van der Waals surface area contributed by atoms with Gasteiger partial charge in [-0.25, -0.2) is 4.68 Å². The van der Waals surface area contributed by atoms with Gasteiger partial charge in [0.1, 0.15) is 17.7 Å². The summed E-state index contributed by atoms with van der Waals surface area (Å²) in [5, 5.41) is 24.3. The summed E-state index contributed by atoms with van der Waals surface area (Å²) in [4.78, 5) is 35.0. The predicted octanol–water partition coefficient (Wildman–Crippen LogP) is 0.946. The summed E-state index contributed by atoms with van der Waals surface area (Å²) < 4.78 is 12.0. The van der Waals surface area contributed by atoms with Gasteiger partial charge in [0.05, 0.1) is 46.8 Å². The topological polar surface area (TPSA) is 178 Å². The van der Waals surface area contributed by atoms with Crippen molar-refractivity contribution in [2.45, 2.75) is 18.6 Å². The number of fused-ring (bicyclic) bond motifs is 3. The highest BCUT2D eigenvalue weighted by molar-refractivity contribution is 7.14. The number of aliphatic hydroxyl groups excluding tert-OH is 1. The van der Waals surface area contributed by atoms with Crippen LogP contribution in [0.2, 0.25) is 0 Å². The minimum Gasteiger partial charge on any atom is -0.382 e. The Morgan fingerprint density at radius 2 is 2.11 bits per heavy atom. The summed E-state index contributed by atoms with van der Waals surface area (Å²) >= 11 is 1.10. The minimum atomic E-state index is -1.72. The number of anilines is 2. The average Bonchev–Trinajstić information content (AvgIpc) is 3.53. The number of nitrogens with two attached hydrogens (primary N) is 1. The number of aromatic nitrogens is 7. The number of hydrogen-bond donors (Lipinski definition) is 3. The fourth-order valence-electron chi connectivity index (χ4n) is 4.28. The monoisotopic (exact) mass is 505 g/mol. The maximum atomic E-state index is 13.6. The number of amides is 1. The van der Waals surface area contributed by atoms with E-state index in [1.807, 2.05) is 0 Å². The molecule has 1 aliphatic heterocycles. The zero-order valence-corrected chi connectivity index (χ0v) is 19.6. The predicted molar refractivity (Wildman–Crippen MR) is 131 cm³/mol. The van der Waals surface area contributed by atoms with Crippen molar-refractivity contribution in [2.24, 2.45) is 0 Å². The molecule has 13 nitrogen and oxygen atoms in total. The Morgan fingerprint density at radius 3 is 2.92 bits per heavy atom. The van der Waals surface area contributed by atoms with E-state index in [0.717, 1.165) is 11.5 Å². The first-order chi connectivity index (χ1) is 17.4. The van der Waals surface area contributed by atoms with E-state index in [9.17, 15) is 14.7 Å². The van der Waals surface area contributed by atoms with E-state index in [0.29, 0.717) is 38.3 Å². The van der Waals surface area contributed by atoms with Crippen LogP contribution in [0.5, 0.6) is 0 Å². The number of aromatic amines is 1. The van der Waals surface area contributed by atoms with Crippen LogP contribution in [-0.2, 0) is 9.53 Å². The van der Waals surface area contributed by atoms with Crippen LogP contribution >= 0.6 is 11.5 Å². The first kappa shape index (κ1) is 22.2. The Labute approximate surface area is 206 Å². The zero-order valence-electron chi connectivity index (χ0n) is 18.8. The quantitative estimate of drug-likeness (QED) is 0.318. The Kier molecular flexibility index (Phi) is 5.03. The van der Waals surface area contributed by atoms with Gasteiger partial charge in [-0.3, -0.25) is 14.5 Å². The second-order valence-corrected chi connectivity index (χ2v) is 9.17. The summed E-state index contributed by atoms with van der Waals surface area (Å²) in [6.07, 6.45) is 3.22. The number of benzene rings is 1. The molecule has 6 rings (SSSR count). The van der Waals surface area contributed by atoms with Crippen LogP contribution in [0.25, 0.3) is 26.7 Å². The average molecular weight is 506 g/mol. The SMILES string of the molecule is C[C@]1(C(O)c2nc(=O)c3c(ccc4c(N)nsc43)[nH]2)OCCN(c2ccn(-c3ccnnc3)n2)C1=O. The molecule has 1 unspecified atom stereocenters. The van der Waals surface area contributed by atoms with E-state index in [2.05, 4.69) is 29.6 Å². The molecular weight excluding hydrogens is 486 g/mol. The molecule has 2 atom stereocenters. The summed E-state index contributed by atoms with van der Waals surface area (Å²) in [6.45, 7) is 1.84. The van der Waals surface area contributed by atoms with Crippen LogP contribution in [0.4, 0.5) is 11.6 Å². The number of nitrogens with zero attached hydrogens (tertiary/aromatic N) is 7. The summed E-state index contributed by atoms with van der Waals surface area (Å²) in [5.41, 5.74) is 4.70. The lowest BCUT2D eigenvalue weighted by Crippen LogP contribution is -2.58. The number of H-pyrrole nitrogens is 1. The maximum Gasteiger partial charge on any atom is 0.282 e. The molecule has 0 bridgehead atoms. The molecule has 182 valence electrons. The first-order valence-corrected chi connectivity index (χ1v) is 11.7. The molecular formula is C22H19N9O4S. The van der Waals surface area contributed by atoms with Crippen LogP contribution in [0.15, 0.2) is 47.7 Å². The number of aliphatic hydroxyl groups is 1. The van der Waals surface area contributed by atoms with Crippen molar-refractivity contribution >= 4 is 50.1 Å². The third kappa shape index (κ3) is 3.34. The van der Waals surface area contributed by atoms with Crippen molar-refractivity contribution in [1.29, 1.82) is 0 Å². The second-order valence-electron chi connectivity index (χ2n) is 8.39. The van der Waals surface area contributed by atoms with E-state index >= 15 is 0 Å². The molecule has 4 N–H and O–H groups in total. The van der Waals surface area contributed by atoms with Crippen molar-refractivity contribution in [3.8, 4) is 5.69 Å². The van der Waals surface area contributed by atoms with Gasteiger partial charge >= 0.3 is 0 Å². The largest absolute Gasteiger partial charge is 0.382 e. The fraction of sp³-hybridized carbons (Fsp3) is 0.227. The molecule has 4 aromatic heterocycles. The van der Waals surface area contributed by atoms with Crippen molar-refractivity contribution < 1.29 is 14.6 Å². The maximum absolute atomic E-state index is 13.6. The lowest BCUT2D eigenvalue weighted by Gasteiger charge is -2.40. The number of nitrogens with one attached hydrogen (secondary N) is 1. The summed E-state index contributed by atoms with van der Waals surface area (Å²) in [7, 11) is 0. The molecule has 36 heavy (non-hydrogen) atoms. The minimum absolute atomic E-state index is 0.0876. The lowest BCUT2D eigenvalue weighted by molar-refractivity contribution is -0.167. The molecule has 1 saturated heterocycles. The number of carbonyl (C=O) groups is 1. The van der Waals surface area contributed by atoms with Crippen molar-refractivity contribution in [1.82, 2.24) is 34.3 Å². The molecule has 1 aromatic carbocycles. The highest BCUT2D eigenvalue weighted by Crippen LogP contribution is 2.35. The third-order valence-corrected chi connectivity index (χ3v) is 7.11. The second kappa shape index (κ2) is 8.15. The molecule has 0 aliphatic carbocycles. The Bertz CT molecular complexity index is 1680. The van der Waals surface area contributed by atoms with E-state index in [1.165, 1.54) is 18.0 Å². The number of nitrogen functional groups attached to an aromatic ring is 1. The lowest BCUT2D eigenvalue weighted by atomic mass is 9.94. The Balaban J connectivity index is 1.35.